The van der Waals surface area contributed by atoms with Crippen LogP contribution in [0.2, 0.25) is 5.02 Å². The quantitative estimate of drug-likeness (QED) is 0.797. The number of anilines is 2. The van der Waals surface area contributed by atoms with E-state index in [-0.39, 0.29) is 36.7 Å². The fraction of sp³-hybridized carbons (Fsp3) is 0.333. The second-order valence-electron chi connectivity index (χ2n) is 4.00. The Morgan fingerprint density at radius 2 is 1.95 bits per heavy atom. The molecule has 106 valence electrons. The van der Waals surface area contributed by atoms with Crippen LogP contribution in [0.4, 0.5) is 11.4 Å². The van der Waals surface area contributed by atoms with E-state index in [9.17, 15) is 9.59 Å². The number of hydrogen-bond donors (Lipinski definition) is 3. The molecular weight excluding hydrogens is 289 g/mol. The molecule has 0 bridgehead atoms. The van der Waals surface area contributed by atoms with Crippen molar-refractivity contribution < 1.29 is 9.59 Å². The lowest BCUT2D eigenvalue weighted by Gasteiger charge is -2.14. The van der Waals surface area contributed by atoms with Crippen LogP contribution in [-0.4, -0.2) is 18.4 Å². The van der Waals surface area contributed by atoms with Gasteiger partial charge >= 0.3 is 0 Å². The van der Waals surface area contributed by atoms with Crippen LogP contribution in [0.1, 0.15) is 13.8 Å². The molecule has 0 aromatic heterocycles. The van der Waals surface area contributed by atoms with Crippen LogP contribution in [-0.2, 0) is 9.59 Å². The topological polar surface area (TPSA) is 84.2 Å². The maximum absolute atomic E-state index is 11.7. The van der Waals surface area contributed by atoms with Gasteiger partial charge in [0.2, 0.25) is 11.8 Å². The second kappa shape index (κ2) is 7.99. The van der Waals surface area contributed by atoms with E-state index in [4.69, 9.17) is 17.3 Å². The molecule has 5 nitrogen and oxygen atoms in total. The molecule has 7 heteroatoms. The highest BCUT2D eigenvalue weighted by molar-refractivity contribution is 6.31. The zero-order valence-corrected chi connectivity index (χ0v) is 12.3. The molecule has 0 heterocycles. The van der Waals surface area contributed by atoms with Crippen molar-refractivity contribution in [2.24, 2.45) is 11.7 Å². The van der Waals surface area contributed by atoms with Gasteiger partial charge in [0, 0.05) is 24.4 Å². The van der Waals surface area contributed by atoms with Gasteiger partial charge in [-0.25, -0.2) is 0 Å². The van der Waals surface area contributed by atoms with Gasteiger partial charge < -0.3 is 16.4 Å². The zero-order valence-electron chi connectivity index (χ0n) is 10.7. The van der Waals surface area contributed by atoms with Crippen LogP contribution in [0.5, 0.6) is 0 Å². The van der Waals surface area contributed by atoms with Crippen molar-refractivity contribution in [3.63, 3.8) is 0 Å². The Morgan fingerprint density at radius 1 is 1.32 bits per heavy atom. The number of nitrogens with one attached hydrogen (secondary N) is 2. The molecule has 1 aromatic rings. The molecular formula is C12H17Cl2N3O2. The molecule has 2 amide bonds. The third kappa shape index (κ3) is 5.46. The molecule has 1 unspecified atom stereocenters. The summed E-state index contributed by atoms with van der Waals surface area (Å²) in [4.78, 5) is 22.8. The van der Waals surface area contributed by atoms with Crippen molar-refractivity contribution in [3.05, 3.63) is 23.2 Å². The van der Waals surface area contributed by atoms with Crippen LogP contribution in [0.15, 0.2) is 18.2 Å². The molecule has 0 aliphatic heterocycles. The molecule has 0 spiro atoms. The predicted octanol–water partition coefficient (Wildman–Crippen LogP) is 2.25. The lowest BCUT2D eigenvalue weighted by Crippen LogP contribution is -2.27. The van der Waals surface area contributed by atoms with Crippen LogP contribution < -0.4 is 16.4 Å². The van der Waals surface area contributed by atoms with Crippen molar-refractivity contribution >= 4 is 47.2 Å². The number of hydrogen-bond acceptors (Lipinski definition) is 3. The average molecular weight is 306 g/mol. The first kappa shape index (κ1) is 17.7. The average Bonchev–Trinajstić information content (AvgIpc) is 2.30. The Morgan fingerprint density at radius 3 is 2.47 bits per heavy atom. The van der Waals surface area contributed by atoms with Gasteiger partial charge in [-0.2, -0.15) is 0 Å². The van der Waals surface area contributed by atoms with Crippen molar-refractivity contribution in [1.82, 2.24) is 0 Å². The third-order valence-corrected chi connectivity index (χ3v) is 2.59. The van der Waals surface area contributed by atoms with Gasteiger partial charge in [-0.3, -0.25) is 9.59 Å². The van der Waals surface area contributed by atoms with Gasteiger partial charge in [-0.1, -0.05) is 18.5 Å². The van der Waals surface area contributed by atoms with E-state index >= 15 is 0 Å². The number of benzene rings is 1. The SMILES string of the molecule is CC(=O)Nc1cc(Cl)ccc1NC(=O)C(C)CN.Cl. The summed E-state index contributed by atoms with van der Waals surface area (Å²) >= 11 is 5.84. The minimum Gasteiger partial charge on any atom is -0.330 e. The molecule has 0 fully saturated rings. The van der Waals surface area contributed by atoms with Crippen LogP contribution >= 0.6 is 24.0 Å². The number of halogens is 2. The smallest absolute Gasteiger partial charge is 0.228 e. The summed E-state index contributed by atoms with van der Waals surface area (Å²) in [6.07, 6.45) is 0. The van der Waals surface area contributed by atoms with E-state index in [1.165, 1.54) is 6.92 Å². The predicted molar refractivity (Wildman–Crippen MR) is 79.9 cm³/mol. The summed E-state index contributed by atoms with van der Waals surface area (Å²) in [5, 5.41) is 5.78. The Balaban J connectivity index is 0.00000324. The lowest BCUT2D eigenvalue weighted by atomic mass is 10.1. The molecule has 0 saturated carbocycles. The molecule has 1 atom stereocenters. The van der Waals surface area contributed by atoms with Gasteiger partial charge in [0.05, 0.1) is 11.4 Å². The summed E-state index contributed by atoms with van der Waals surface area (Å²) in [5.41, 5.74) is 6.38. The normalized spacial score (nSPS) is 11.2. The number of carbonyl (C=O) groups excluding carboxylic acids is 2. The first-order chi connectivity index (χ1) is 8.43. The summed E-state index contributed by atoms with van der Waals surface area (Å²) in [7, 11) is 0. The van der Waals surface area contributed by atoms with Gasteiger partial charge in [-0.15, -0.1) is 12.4 Å². The van der Waals surface area contributed by atoms with E-state index < -0.39 is 0 Å². The highest BCUT2D eigenvalue weighted by atomic mass is 35.5. The molecule has 0 aliphatic rings. The molecule has 4 N–H and O–H groups in total. The minimum atomic E-state index is -0.300. The summed E-state index contributed by atoms with van der Waals surface area (Å²) < 4.78 is 0. The standard InChI is InChI=1S/C12H16ClN3O2.ClH/c1-7(6-14)12(18)16-10-4-3-9(13)5-11(10)15-8(2)17;/h3-5,7H,6,14H2,1-2H3,(H,15,17)(H,16,18);1H. The number of amides is 2. The van der Waals surface area contributed by atoms with Gasteiger partial charge in [0.25, 0.3) is 0 Å². The maximum Gasteiger partial charge on any atom is 0.228 e. The molecule has 0 radical (unpaired) electrons. The minimum absolute atomic E-state index is 0. The first-order valence-corrected chi connectivity index (χ1v) is 5.90. The molecule has 0 saturated heterocycles. The van der Waals surface area contributed by atoms with Crippen LogP contribution in [0.3, 0.4) is 0 Å². The highest BCUT2D eigenvalue weighted by Gasteiger charge is 2.13. The van der Waals surface area contributed by atoms with Crippen LogP contribution in [0, 0.1) is 5.92 Å². The summed E-state index contributed by atoms with van der Waals surface area (Å²) in [6.45, 7) is 3.37. The van der Waals surface area contributed by atoms with Crippen molar-refractivity contribution in [2.75, 3.05) is 17.2 Å². The second-order valence-corrected chi connectivity index (χ2v) is 4.43. The van der Waals surface area contributed by atoms with E-state index in [1.54, 1.807) is 25.1 Å². The van der Waals surface area contributed by atoms with Crippen molar-refractivity contribution in [3.8, 4) is 0 Å². The Labute approximate surface area is 123 Å². The van der Waals surface area contributed by atoms with E-state index in [0.717, 1.165) is 0 Å². The van der Waals surface area contributed by atoms with Gasteiger partial charge in [-0.05, 0) is 18.2 Å². The summed E-state index contributed by atoms with van der Waals surface area (Å²) in [5.74, 6) is -0.739. The number of nitrogens with two attached hydrogens (primary N) is 1. The Hall–Kier alpha value is -1.30. The Bertz CT molecular complexity index is 466. The Kier molecular flexibility index (Phi) is 7.44. The lowest BCUT2D eigenvalue weighted by molar-refractivity contribution is -0.119. The fourth-order valence-corrected chi connectivity index (χ4v) is 1.45. The van der Waals surface area contributed by atoms with Crippen molar-refractivity contribution in [2.45, 2.75) is 13.8 Å². The zero-order chi connectivity index (χ0) is 13.7. The number of rotatable bonds is 4. The molecule has 0 aliphatic carbocycles. The number of carbonyl (C=O) groups is 2. The fourth-order valence-electron chi connectivity index (χ4n) is 1.28. The maximum atomic E-state index is 11.7. The first-order valence-electron chi connectivity index (χ1n) is 5.52. The van der Waals surface area contributed by atoms with Crippen molar-refractivity contribution in [1.29, 1.82) is 0 Å². The van der Waals surface area contributed by atoms with E-state index in [1.807, 2.05) is 0 Å². The van der Waals surface area contributed by atoms with Crippen LogP contribution in [0.25, 0.3) is 0 Å². The van der Waals surface area contributed by atoms with E-state index in [2.05, 4.69) is 10.6 Å². The molecule has 1 aromatic carbocycles. The summed E-state index contributed by atoms with van der Waals surface area (Å²) in [6, 6.07) is 4.84. The molecule has 1 rings (SSSR count). The highest BCUT2D eigenvalue weighted by Crippen LogP contribution is 2.26. The third-order valence-electron chi connectivity index (χ3n) is 2.35. The van der Waals surface area contributed by atoms with Gasteiger partial charge in [0.15, 0.2) is 0 Å². The van der Waals surface area contributed by atoms with E-state index in [0.29, 0.717) is 16.4 Å². The monoisotopic (exact) mass is 305 g/mol. The van der Waals surface area contributed by atoms with Gasteiger partial charge in [0.1, 0.15) is 0 Å². The largest absolute Gasteiger partial charge is 0.330 e. The molecule has 19 heavy (non-hydrogen) atoms.